The van der Waals surface area contributed by atoms with Gasteiger partial charge in [-0.15, -0.1) is 0 Å². The van der Waals surface area contributed by atoms with Gasteiger partial charge in [0.2, 0.25) is 0 Å². The summed E-state index contributed by atoms with van der Waals surface area (Å²) >= 11 is 0. The van der Waals surface area contributed by atoms with Gasteiger partial charge in [0.25, 0.3) is 0 Å². The standard InChI is InChI=1S/C17H29NO2/c1-2-4-15(5-3-1)14-18-10-6-16(7-11-18)20-17-8-12-19-13-9-17/h1-2,15-17H,3-14H2/t15-/m0/s1. The fourth-order valence-electron chi connectivity index (χ4n) is 3.70. The van der Waals surface area contributed by atoms with E-state index in [-0.39, 0.29) is 0 Å². The lowest BCUT2D eigenvalue weighted by molar-refractivity contribution is -0.0853. The van der Waals surface area contributed by atoms with Gasteiger partial charge >= 0.3 is 0 Å². The lowest BCUT2D eigenvalue weighted by Crippen LogP contribution is -2.41. The Hall–Kier alpha value is -0.380. The van der Waals surface area contributed by atoms with Gasteiger partial charge in [-0.1, -0.05) is 12.2 Å². The lowest BCUT2D eigenvalue weighted by atomic mass is 9.93. The summed E-state index contributed by atoms with van der Waals surface area (Å²) in [6.45, 7) is 5.54. The van der Waals surface area contributed by atoms with Crippen LogP contribution in [0.15, 0.2) is 12.2 Å². The monoisotopic (exact) mass is 279 g/mol. The minimum Gasteiger partial charge on any atom is -0.381 e. The summed E-state index contributed by atoms with van der Waals surface area (Å²) in [7, 11) is 0. The normalized spacial score (nSPS) is 30.7. The first-order valence-corrected chi connectivity index (χ1v) is 8.51. The second-order valence-corrected chi connectivity index (χ2v) is 6.60. The molecular formula is C17H29NO2. The number of piperidine rings is 1. The first-order valence-electron chi connectivity index (χ1n) is 8.51. The third kappa shape index (κ3) is 4.31. The highest BCUT2D eigenvalue weighted by molar-refractivity contribution is 4.91. The van der Waals surface area contributed by atoms with Crippen LogP contribution in [-0.4, -0.2) is 50.0 Å². The first-order chi connectivity index (χ1) is 9.90. The Labute approximate surface area is 123 Å². The Morgan fingerprint density at radius 1 is 0.950 bits per heavy atom. The molecule has 0 spiro atoms. The zero-order valence-electron chi connectivity index (χ0n) is 12.6. The smallest absolute Gasteiger partial charge is 0.0622 e. The third-order valence-corrected chi connectivity index (χ3v) is 4.98. The van der Waals surface area contributed by atoms with Crippen LogP contribution in [0.2, 0.25) is 0 Å². The van der Waals surface area contributed by atoms with Gasteiger partial charge in [0.05, 0.1) is 12.2 Å². The number of allylic oxidation sites excluding steroid dienone is 2. The van der Waals surface area contributed by atoms with Gasteiger partial charge in [0.1, 0.15) is 0 Å². The van der Waals surface area contributed by atoms with Crippen molar-refractivity contribution in [2.75, 3.05) is 32.8 Å². The van der Waals surface area contributed by atoms with E-state index in [1.807, 2.05) is 0 Å². The number of hydrogen-bond donors (Lipinski definition) is 0. The minimum absolute atomic E-state index is 0.462. The maximum Gasteiger partial charge on any atom is 0.0622 e. The fraction of sp³-hybridized carbons (Fsp3) is 0.882. The molecule has 0 aromatic heterocycles. The molecule has 0 saturated carbocycles. The van der Waals surface area contributed by atoms with Crippen LogP contribution in [-0.2, 0) is 9.47 Å². The average Bonchev–Trinajstić information content (AvgIpc) is 2.51. The van der Waals surface area contributed by atoms with Crippen LogP contribution in [0.3, 0.4) is 0 Å². The first kappa shape index (κ1) is 14.6. The van der Waals surface area contributed by atoms with E-state index in [2.05, 4.69) is 17.1 Å². The predicted octanol–water partition coefficient (Wildman–Crippen LogP) is 3.00. The molecule has 0 unspecified atom stereocenters. The van der Waals surface area contributed by atoms with Crippen molar-refractivity contribution >= 4 is 0 Å². The largest absolute Gasteiger partial charge is 0.381 e. The predicted molar refractivity (Wildman–Crippen MR) is 80.9 cm³/mol. The molecule has 1 aliphatic carbocycles. The summed E-state index contributed by atoms with van der Waals surface area (Å²) in [5, 5.41) is 0. The van der Waals surface area contributed by atoms with E-state index in [4.69, 9.17) is 9.47 Å². The lowest BCUT2D eigenvalue weighted by Gasteiger charge is -2.36. The van der Waals surface area contributed by atoms with Crippen molar-refractivity contribution in [3.05, 3.63) is 12.2 Å². The van der Waals surface area contributed by atoms with Gasteiger partial charge < -0.3 is 14.4 Å². The molecule has 20 heavy (non-hydrogen) atoms. The summed E-state index contributed by atoms with van der Waals surface area (Å²) in [6.07, 6.45) is 14.3. The number of ether oxygens (including phenoxy) is 2. The van der Waals surface area contributed by atoms with E-state index < -0.39 is 0 Å². The molecule has 2 heterocycles. The number of rotatable bonds is 4. The van der Waals surface area contributed by atoms with Gasteiger partial charge in [-0.25, -0.2) is 0 Å². The fourth-order valence-corrected chi connectivity index (χ4v) is 3.70. The molecule has 0 radical (unpaired) electrons. The van der Waals surface area contributed by atoms with Gasteiger partial charge in [-0.3, -0.25) is 0 Å². The van der Waals surface area contributed by atoms with Gasteiger partial charge in [-0.2, -0.15) is 0 Å². The Bertz CT molecular complexity index is 304. The molecule has 0 aromatic carbocycles. The molecule has 2 aliphatic heterocycles. The van der Waals surface area contributed by atoms with E-state index in [0.717, 1.165) is 32.0 Å². The molecule has 0 N–H and O–H groups in total. The number of nitrogens with zero attached hydrogens (tertiary/aromatic N) is 1. The van der Waals surface area contributed by atoms with Crippen LogP contribution >= 0.6 is 0 Å². The van der Waals surface area contributed by atoms with Crippen molar-refractivity contribution in [2.45, 2.75) is 57.2 Å². The van der Waals surface area contributed by atoms with Crippen molar-refractivity contribution in [2.24, 2.45) is 5.92 Å². The highest BCUT2D eigenvalue weighted by atomic mass is 16.5. The maximum atomic E-state index is 6.25. The molecule has 3 aliphatic rings. The van der Waals surface area contributed by atoms with E-state index in [1.165, 1.54) is 51.7 Å². The molecule has 0 bridgehead atoms. The summed E-state index contributed by atoms with van der Waals surface area (Å²) in [5.41, 5.74) is 0. The van der Waals surface area contributed by atoms with Crippen LogP contribution in [0.25, 0.3) is 0 Å². The Balaban J connectivity index is 1.35. The third-order valence-electron chi connectivity index (χ3n) is 4.98. The average molecular weight is 279 g/mol. The molecule has 3 nitrogen and oxygen atoms in total. The Kier molecular flexibility index (Phi) is 5.51. The van der Waals surface area contributed by atoms with Crippen LogP contribution < -0.4 is 0 Å². The van der Waals surface area contributed by atoms with Crippen molar-refractivity contribution < 1.29 is 9.47 Å². The van der Waals surface area contributed by atoms with Crippen molar-refractivity contribution in [3.8, 4) is 0 Å². The van der Waals surface area contributed by atoms with Crippen LogP contribution in [0, 0.1) is 5.92 Å². The van der Waals surface area contributed by atoms with Gasteiger partial charge in [-0.05, 0) is 50.9 Å². The van der Waals surface area contributed by atoms with Crippen molar-refractivity contribution in [1.29, 1.82) is 0 Å². The molecule has 3 rings (SSSR count). The highest BCUT2D eigenvalue weighted by Crippen LogP contribution is 2.23. The van der Waals surface area contributed by atoms with Crippen LogP contribution in [0.4, 0.5) is 0 Å². The summed E-state index contributed by atoms with van der Waals surface area (Å²) < 4.78 is 11.6. The van der Waals surface area contributed by atoms with Crippen molar-refractivity contribution in [3.63, 3.8) is 0 Å². The van der Waals surface area contributed by atoms with E-state index in [9.17, 15) is 0 Å². The quantitative estimate of drug-likeness (QED) is 0.738. The van der Waals surface area contributed by atoms with Crippen molar-refractivity contribution in [1.82, 2.24) is 4.90 Å². The Morgan fingerprint density at radius 2 is 1.70 bits per heavy atom. The van der Waals surface area contributed by atoms with E-state index in [1.54, 1.807) is 0 Å². The SMILES string of the molecule is C1=CC[C@H](CN2CCC(OC3CCOCC3)CC2)CC1. The van der Waals surface area contributed by atoms with Crippen LogP contribution in [0.1, 0.15) is 44.9 Å². The number of likely N-dealkylation sites (tertiary alicyclic amines) is 1. The topological polar surface area (TPSA) is 21.7 Å². The second-order valence-electron chi connectivity index (χ2n) is 6.60. The molecule has 2 saturated heterocycles. The zero-order chi connectivity index (χ0) is 13.6. The molecule has 114 valence electrons. The van der Waals surface area contributed by atoms with Crippen LogP contribution in [0.5, 0.6) is 0 Å². The summed E-state index contributed by atoms with van der Waals surface area (Å²) in [4.78, 5) is 2.66. The molecule has 0 amide bonds. The van der Waals surface area contributed by atoms with Gasteiger partial charge in [0, 0.05) is 32.8 Å². The molecule has 0 aromatic rings. The molecule has 2 fully saturated rings. The zero-order valence-corrected chi connectivity index (χ0v) is 12.6. The van der Waals surface area contributed by atoms with Gasteiger partial charge in [0.15, 0.2) is 0 Å². The van der Waals surface area contributed by atoms with E-state index >= 15 is 0 Å². The maximum absolute atomic E-state index is 6.25. The highest BCUT2D eigenvalue weighted by Gasteiger charge is 2.25. The molecule has 3 heteroatoms. The summed E-state index contributed by atoms with van der Waals surface area (Å²) in [6, 6.07) is 0. The van der Waals surface area contributed by atoms with E-state index in [0.29, 0.717) is 12.2 Å². The second kappa shape index (κ2) is 7.58. The summed E-state index contributed by atoms with van der Waals surface area (Å²) in [5.74, 6) is 0.896. The Morgan fingerprint density at radius 3 is 2.40 bits per heavy atom. The minimum atomic E-state index is 0.462. The number of hydrogen-bond acceptors (Lipinski definition) is 3. The molecule has 1 atom stereocenters. The molecular weight excluding hydrogens is 250 g/mol.